The Morgan fingerprint density at radius 3 is 2.50 bits per heavy atom. The van der Waals surface area contributed by atoms with Gasteiger partial charge in [0.05, 0.1) is 19.7 Å². The van der Waals surface area contributed by atoms with E-state index in [9.17, 15) is 19.2 Å². The third kappa shape index (κ3) is 5.92. The maximum Gasteiger partial charge on any atom is 0.328 e. The van der Waals surface area contributed by atoms with E-state index in [1.807, 2.05) is 26.0 Å². The zero-order chi connectivity index (χ0) is 22.1. The molecule has 0 aliphatic carbocycles. The van der Waals surface area contributed by atoms with Gasteiger partial charge in [0.1, 0.15) is 6.04 Å². The lowest BCUT2D eigenvalue weighted by Crippen LogP contribution is -2.46. The molecule has 0 bridgehead atoms. The van der Waals surface area contributed by atoms with Crippen LogP contribution in [0.25, 0.3) is 5.57 Å². The number of rotatable bonds is 9. The van der Waals surface area contributed by atoms with Crippen LogP contribution >= 0.6 is 0 Å². The highest BCUT2D eigenvalue weighted by Crippen LogP contribution is 2.29. The molecule has 3 amide bonds. The molecule has 30 heavy (non-hydrogen) atoms. The summed E-state index contributed by atoms with van der Waals surface area (Å²) in [5, 5.41) is 8.05. The van der Waals surface area contributed by atoms with Gasteiger partial charge in [-0.1, -0.05) is 44.9 Å². The largest absolute Gasteiger partial charge is 0.467 e. The van der Waals surface area contributed by atoms with Crippen LogP contribution in [0.5, 0.6) is 0 Å². The average molecular weight is 415 g/mol. The zero-order valence-corrected chi connectivity index (χ0v) is 17.6. The van der Waals surface area contributed by atoms with Crippen LogP contribution in [-0.2, 0) is 19.1 Å². The lowest BCUT2D eigenvalue weighted by atomic mass is 9.87. The van der Waals surface area contributed by atoms with Gasteiger partial charge in [0.25, 0.3) is 5.91 Å². The van der Waals surface area contributed by atoms with Crippen molar-refractivity contribution in [1.29, 1.82) is 0 Å². The van der Waals surface area contributed by atoms with Crippen molar-refractivity contribution in [2.24, 2.45) is 0 Å². The van der Waals surface area contributed by atoms with Gasteiger partial charge in [-0.15, -0.1) is 0 Å². The van der Waals surface area contributed by atoms with Crippen molar-refractivity contribution in [3.05, 3.63) is 41.5 Å². The Morgan fingerprint density at radius 2 is 1.87 bits per heavy atom. The molecule has 0 radical (unpaired) electrons. The summed E-state index contributed by atoms with van der Waals surface area (Å²) in [4.78, 5) is 48.7. The number of carbonyl (C=O) groups is 4. The van der Waals surface area contributed by atoms with Crippen molar-refractivity contribution in [2.45, 2.75) is 51.6 Å². The number of benzene rings is 1. The molecule has 3 N–H and O–H groups in total. The van der Waals surface area contributed by atoms with Gasteiger partial charge in [-0.25, -0.2) is 4.79 Å². The molecule has 1 heterocycles. The molecule has 1 unspecified atom stereocenters. The fourth-order valence-electron chi connectivity index (χ4n) is 3.41. The van der Waals surface area contributed by atoms with E-state index in [4.69, 9.17) is 0 Å². The molecule has 0 saturated carbocycles. The highest BCUT2D eigenvalue weighted by Gasteiger charge is 2.28. The summed E-state index contributed by atoms with van der Waals surface area (Å²) in [5.74, 6) is -1.60. The fourth-order valence-corrected chi connectivity index (χ4v) is 3.41. The Labute approximate surface area is 176 Å². The molecule has 8 heteroatoms. The molecule has 1 aliphatic rings. The van der Waals surface area contributed by atoms with Crippen molar-refractivity contribution < 1.29 is 23.9 Å². The van der Waals surface area contributed by atoms with E-state index in [0.717, 1.165) is 6.42 Å². The number of hydrogen-bond donors (Lipinski definition) is 3. The van der Waals surface area contributed by atoms with E-state index in [1.54, 1.807) is 12.1 Å². The smallest absolute Gasteiger partial charge is 0.328 e. The number of methoxy groups -OCH3 is 1. The van der Waals surface area contributed by atoms with Gasteiger partial charge in [-0.05, 0) is 30.0 Å². The maximum atomic E-state index is 12.5. The van der Waals surface area contributed by atoms with Gasteiger partial charge >= 0.3 is 5.97 Å². The first-order valence-electron chi connectivity index (χ1n) is 10.2. The SMILES string of the molecule is CCCC1NC(=O)c2ccccc2/C1=C/C(=O)NCC(=O)N[C@@H](CCC)C(=O)OC. The molecule has 162 valence electrons. The van der Waals surface area contributed by atoms with E-state index < -0.39 is 23.8 Å². The summed E-state index contributed by atoms with van der Waals surface area (Å²) in [6.07, 6.45) is 4.10. The summed E-state index contributed by atoms with van der Waals surface area (Å²) in [7, 11) is 1.26. The van der Waals surface area contributed by atoms with Crippen molar-refractivity contribution in [1.82, 2.24) is 16.0 Å². The predicted octanol–water partition coefficient (Wildman–Crippen LogP) is 1.56. The first-order chi connectivity index (χ1) is 14.4. The van der Waals surface area contributed by atoms with Gasteiger partial charge in [0, 0.05) is 11.6 Å². The fraction of sp³-hybridized carbons (Fsp3) is 0.455. The molecule has 1 aromatic rings. The summed E-state index contributed by atoms with van der Waals surface area (Å²) in [5.41, 5.74) is 1.94. The average Bonchev–Trinajstić information content (AvgIpc) is 2.74. The number of ether oxygens (including phenoxy) is 1. The lowest BCUT2D eigenvalue weighted by molar-refractivity contribution is -0.145. The standard InChI is InChI=1S/C22H29N3O5/c1-4-8-17-16(14-10-6-7-11-15(14)21(28)25-17)12-19(26)23-13-20(27)24-18(9-5-2)22(29)30-3/h6-7,10-12,17-18H,4-5,8-9,13H2,1-3H3,(H,23,26)(H,24,27)(H,25,28)/b16-12-/t17?,18-/m0/s1. The normalized spacial score (nSPS) is 17.5. The molecule has 1 aliphatic heterocycles. The Morgan fingerprint density at radius 1 is 1.17 bits per heavy atom. The minimum atomic E-state index is -0.739. The Bertz CT molecular complexity index is 834. The van der Waals surface area contributed by atoms with Gasteiger partial charge in [0.15, 0.2) is 0 Å². The van der Waals surface area contributed by atoms with E-state index in [1.165, 1.54) is 13.2 Å². The van der Waals surface area contributed by atoms with Crippen LogP contribution in [0.4, 0.5) is 0 Å². The number of fused-ring (bicyclic) bond motifs is 1. The van der Waals surface area contributed by atoms with Crippen molar-refractivity contribution in [3.63, 3.8) is 0 Å². The van der Waals surface area contributed by atoms with Crippen LogP contribution in [-0.4, -0.2) is 49.4 Å². The van der Waals surface area contributed by atoms with Crippen LogP contribution in [0.15, 0.2) is 30.3 Å². The van der Waals surface area contributed by atoms with E-state index >= 15 is 0 Å². The second kappa shape index (κ2) is 11.1. The van der Waals surface area contributed by atoms with E-state index in [2.05, 4.69) is 20.7 Å². The Kier molecular flexibility index (Phi) is 8.58. The van der Waals surface area contributed by atoms with Crippen molar-refractivity contribution >= 4 is 29.3 Å². The molecule has 1 aromatic carbocycles. The lowest BCUT2D eigenvalue weighted by Gasteiger charge is -2.28. The van der Waals surface area contributed by atoms with Crippen LogP contribution in [0, 0.1) is 0 Å². The van der Waals surface area contributed by atoms with Gasteiger partial charge in [-0.2, -0.15) is 0 Å². The third-order valence-corrected chi connectivity index (χ3v) is 4.85. The molecule has 0 fully saturated rings. The van der Waals surface area contributed by atoms with Crippen molar-refractivity contribution in [3.8, 4) is 0 Å². The number of amides is 3. The highest BCUT2D eigenvalue weighted by atomic mass is 16.5. The zero-order valence-electron chi connectivity index (χ0n) is 17.6. The molecule has 0 aromatic heterocycles. The minimum absolute atomic E-state index is 0.161. The van der Waals surface area contributed by atoms with Gasteiger partial charge in [0.2, 0.25) is 11.8 Å². The van der Waals surface area contributed by atoms with E-state index in [0.29, 0.717) is 36.0 Å². The van der Waals surface area contributed by atoms with Gasteiger partial charge < -0.3 is 20.7 Å². The van der Waals surface area contributed by atoms with Crippen LogP contribution in [0.1, 0.15) is 55.5 Å². The second-order valence-electron chi connectivity index (χ2n) is 7.11. The minimum Gasteiger partial charge on any atom is -0.467 e. The Hall–Kier alpha value is -3.16. The first-order valence-corrected chi connectivity index (χ1v) is 10.2. The first kappa shape index (κ1) is 23.1. The number of nitrogens with one attached hydrogen (secondary N) is 3. The maximum absolute atomic E-state index is 12.5. The number of esters is 1. The molecule has 0 spiro atoms. The molecule has 8 nitrogen and oxygen atoms in total. The summed E-state index contributed by atoms with van der Waals surface area (Å²) >= 11 is 0. The molecular weight excluding hydrogens is 386 g/mol. The highest BCUT2D eigenvalue weighted by molar-refractivity contribution is 6.07. The number of carbonyl (C=O) groups excluding carboxylic acids is 4. The predicted molar refractivity (Wildman–Crippen MR) is 112 cm³/mol. The molecule has 2 atom stereocenters. The van der Waals surface area contributed by atoms with Crippen LogP contribution < -0.4 is 16.0 Å². The summed E-state index contributed by atoms with van der Waals surface area (Å²) in [6.45, 7) is 3.62. The quantitative estimate of drug-likeness (QED) is 0.418. The number of hydrogen-bond acceptors (Lipinski definition) is 5. The van der Waals surface area contributed by atoms with Crippen LogP contribution in [0.3, 0.4) is 0 Å². The molecule has 0 saturated heterocycles. The van der Waals surface area contributed by atoms with Gasteiger partial charge in [-0.3, -0.25) is 14.4 Å². The topological polar surface area (TPSA) is 114 Å². The second-order valence-corrected chi connectivity index (χ2v) is 7.11. The summed E-state index contributed by atoms with van der Waals surface area (Å²) < 4.78 is 4.68. The van der Waals surface area contributed by atoms with E-state index in [-0.39, 0.29) is 18.5 Å². The molecular formula is C22H29N3O5. The third-order valence-electron chi connectivity index (χ3n) is 4.85. The Balaban J connectivity index is 2.08. The molecule has 2 rings (SSSR count). The summed E-state index contributed by atoms with van der Waals surface area (Å²) in [6, 6.07) is 6.11. The van der Waals surface area contributed by atoms with Crippen LogP contribution in [0.2, 0.25) is 0 Å². The monoisotopic (exact) mass is 415 g/mol. The van der Waals surface area contributed by atoms with Crippen molar-refractivity contribution in [2.75, 3.05) is 13.7 Å².